The number of ether oxygens (including phenoxy) is 1. The summed E-state index contributed by atoms with van der Waals surface area (Å²) in [4.78, 5) is 3.81. The lowest BCUT2D eigenvalue weighted by Crippen LogP contribution is -1.97. The van der Waals surface area contributed by atoms with Crippen molar-refractivity contribution in [3.05, 3.63) is 42.0 Å². The fourth-order valence-corrected chi connectivity index (χ4v) is 1.03. The molecule has 0 fully saturated rings. The van der Waals surface area contributed by atoms with Gasteiger partial charge in [0.25, 0.3) is 0 Å². The van der Waals surface area contributed by atoms with Crippen molar-refractivity contribution >= 4 is 0 Å². The molecule has 0 saturated heterocycles. The first-order valence-electron chi connectivity index (χ1n) is 4.27. The summed E-state index contributed by atoms with van der Waals surface area (Å²) in [6.07, 6.45) is 1.25. The minimum Gasteiger partial charge on any atom is -0.485 e. The zero-order valence-corrected chi connectivity index (χ0v) is 7.75. The second-order valence-corrected chi connectivity index (χ2v) is 2.77. The first-order chi connectivity index (χ1) is 7.38. The van der Waals surface area contributed by atoms with Gasteiger partial charge in [0.05, 0.1) is 11.6 Å². The molecule has 0 aliphatic carbocycles. The minimum absolute atomic E-state index is 0.252. The van der Waals surface area contributed by atoms with Crippen molar-refractivity contribution in [3.63, 3.8) is 0 Å². The van der Waals surface area contributed by atoms with Crippen LogP contribution < -0.4 is 4.74 Å². The number of aromatic nitrogens is 2. The number of hydrogen-bond donors (Lipinski definition) is 0. The van der Waals surface area contributed by atoms with Gasteiger partial charge in [-0.3, -0.25) is 0 Å². The van der Waals surface area contributed by atoms with Crippen molar-refractivity contribution in [2.45, 2.75) is 6.61 Å². The van der Waals surface area contributed by atoms with Crippen LogP contribution in [0.2, 0.25) is 0 Å². The summed E-state index contributed by atoms with van der Waals surface area (Å²) >= 11 is 0. The van der Waals surface area contributed by atoms with Crippen LogP contribution in [0.25, 0.3) is 0 Å². The largest absolute Gasteiger partial charge is 0.485 e. The Hall–Kier alpha value is -2.35. The highest BCUT2D eigenvalue weighted by atomic mass is 16.5. The average molecular weight is 201 g/mol. The molecule has 0 amide bonds. The molecular formula is C10H7N3O2. The molecule has 5 heteroatoms. The highest BCUT2D eigenvalue weighted by Gasteiger charge is 1.99. The van der Waals surface area contributed by atoms with E-state index in [4.69, 9.17) is 10.00 Å². The standard InChI is InChI=1S/C10H7N3O2/c11-5-8-1-3-9(4-2-8)14-6-10-12-7-15-13-10/h1-4,7H,6H2. The van der Waals surface area contributed by atoms with Crippen LogP contribution in [-0.4, -0.2) is 10.1 Å². The molecule has 5 nitrogen and oxygen atoms in total. The van der Waals surface area contributed by atoms with Crippen LogP contribution in [0.4, 0.5) is 0 Å². The van der Waals surface area contributed by atoms with Gasteiger partial charge in [-0.2, -0.15) is 10.2 Å². The molecule has 0 aliphatic rings. The van der Waals surface area contributed by atoms with E-state index in [-0.39, 0.29) is 6.61 Å². The van der Waals surface area contributed by atoms with E-state index in [1.807, 2.05) is 6.07 Å². The molecule has 0 atom stereocenters. The van der Waals surface area contributed by atoms with E-state index in [9.17, 15) is 0 Å². The predicted octanol–water partition coefficient (Wildman–Crippen LogP) is 1.52. The maximum absolute atomic E-state index is 8.59. The summed E-state index contributed by atoms with van der Waals surface area (Å²) in [5, 5.41) is 12.2. The summed E-state index contributed by atoms with van der Waals surface area (Å²) in [6.45, 7) is 0.252. The van der Waals surface area contributed by atoms with Crippen molar-refractivity contribution in [2.24, 2.45) is 0 Å². The van der Waals surface area contributed by atoms with E-state index in [1.54, 1.807) is 24.3 Å². The molecule has 0 N–H and O–H groups in total. The second kappa shape index (κ2) is 4.24. The van der Waals surface area contributed by atoms with E-state index >= 15 is 0 Å². The molecule has 1 heterocycles. The lowest BCUT2D eigenvalue weighted by Gasteiger charge is -2.01. The first kappa shape index (κ1) is 9.21. The maximum Gasteiger partial charge on any atom is 0.213 e. The number of benzene rings is 1. The van der Waals surface area contributed by atoms with Crippen molar-refractivity contribution in [3.8, 4) is 11.8 Å². The molecule has 1 aromatic carbocycles. The Kier molecular flexibility index (Phi) is 2.61. The molecule has 0 saturated carbocycles. The zero-order valence-electron chi connectivity index (χ0n) is 7.75. The number of nitriles is 1. The van der Waals surface area contributed by atoms with Crippen molar-refractivity contribution in [2.75, 3.05) is 0 Å². The van der Waals surface area contributed by atoms with Gasteiger partial charge in [0.1, 0.15) is 5.75 Å². The Morgan fingerprint density at radius 3 is 2.73 bits per heavy atom. The monoisotopic (exact) mass is 201 g/mol. The van der Waals surface area contributed by atoms with Gasteiger partial charge in [-0.15, -0.1) is 0 Å². The third-order valence-corrected chi connectivity index (χ3v) is 1.76. The smallest absolute Gasteiger partial charge is 0.213 e. The maximum atomic E-state index is 8.59. The SMILES string of the molecule is N#Cc1ccc(OCc2ncon2)cc1. The molecule has 2 rings (SSSR count). The van der Waals surface area contributed by atoms with Crippen LogP contribution >= 0.6 is 0 Å². The second-order valence-electron chi connectivity index (χ2n) is 2.77. The van der Waals surface area contributed by atoms with E-state index in [0.717, 1.165) is 0 Å². The summed E-state index contributed by atoms with van der Waals surface area (Å²) in [7, 11) is 0. The highest BCUT2D eigenvalue weighted by molar-refractivity contribution is 5.34. The first-order valence-corrected chi connectivity index (χ1v) is 4.27. The Labute approximate surface area is 85.9 Å². The lowest BCUT2D eigenvalue weighted by atomic mass is 10.2. The number of rotatable bonds is 3. The third kappa shape index (κ3) is 2.31. The number of nitrogens with zero attached hydrogens (tertiary/aromatic N) is 3. The zero-order chi connectivity index (χ0) is 10.5. The van der Waals surface area contributed by atoms with Crippen LogP contribution in [-0.2, 0) is 6.61 Å². The van der Waals surface area contributed by atoms with Gasteiger partial charge in [0, 0.05) is 0 Å². The van der Waals surface area contributed by atoms with Crippen LogP contribution in [0.3, 0.4) is 0 Å². The van der Waals surface area contributed by atoms with Crippen molar-refractivity contribution in [1.82, 2.24) is 10.1 Å². The van der Waals surface area contributed by atoms with Gasteiger partial charge in [0.2, 0.25) is 12.2 Å². The van der Waals surface area contributed by atoms with Gasteiger partial charge in [0.15, 0.2) is 6.61 Å². The summed E-state index contributed by atoms with van der Waals surface area (Å²) in [5.41, 5.74) is 0.599. The Bertz CT molecular complexity index is 456. The van der Waals surface area contributed by atoms with Crippen LogP contribution in [0.5, 0.6) is 5.75 Å². The van der Waals surface area contributed by atoms with Gasteiger partial charge in [-0.05, 0) is 24.3 Å². The van der Waals surface area contributed by atoms with E-state index in [0.29, 0.717) is 17.1 Å². The van der Waals surface area contributed by atoms with Crippen molar-refractivity contribution < 1.29 is 9.26 Å². The van der Waals surface area contributed by atoms with Gasteiger partial charge in [-0.25, -0.2) is 0 Å². The van der Waals surface area contributed by atoms with E-state index in [1.165, 1.54) is 6.39 Å². The lowest BCUT2D eigenvalue weighted by molar-refractivity contribution is 0.286. The molecule has 1 aromatic heterocycles. The Balaban J connectivity index is 1.97. The van der Waals surface area contributed by atoms with E-state index in [2.05, 4.69) is 14.7 Å². The Morgan fingerprint density at radius 1 is 1.33 bits per heavy atom. The fourth-order valence-electron chi connectivity index (χ4n) is 1.03. The molecule has 74 valence electrons. The quantitative estimate of drug-likeness (QED) is 0.752. The third-order valence-electron chi connectivity index (χ3n) is 1.76. The predicted molar refractivity (Wildman–Crippen MR) is 49.8 cm³/mol. The van der Waals surface area contributed by atoms with Crippen LogP contribution in [0, 0.1) is 11.3 Å². The minimum atomic E-state index is 0.252. The molecule has 0 bridgehead atoms. The Morgan fingerprint density at radius 2 is 2.13 bits per heavy atom. The fraction of sp³-hybridized carbons (Fsp3) is 0.100. The van der Waals surface area contributed by atoms with Gasteiger partial charge in [-0.1, -0.05) is 5.16 Å². The molecular weight excluding hydrogens is 194 g/mol. The topological polar surface area (TPSA) is 71.9 Å². The molecule has 0 spiro atoms. The normalized spacial score (nSPS) is 9.53. The summed E-state index contributed by atoms with van der Waals surface area (Å²) in [5.74, 6) is 1.15. The molecule has 0 aliphatic heterocycles. The summed E-state index contributed by atoms with van der Waals surface area (Å²) < 4.78 is 9.91. The van der Waals surface area contributed by atoms with Crippen LogP contribution in [0.1, 0.15) is 11.4 Å². The molecule has 2 aromatic rings. The molecule has 15 heavy (non-hydrogen) atoms. The van der Waals surface area contributed by atoms with Gasteiger partial charge >= 0.3 is 0 Å². The van der Waals surface area contributed by atoms with E-state index < -0.39 is 0 Å². The van der Waals surface area contributed by atoms with Crippen molar-refractivity contribution in [1.29, 1.82) is 5.26 Å². The highest BCUT2D eigenvalue weighted by Crippen LogP contribution is 2.12. The molecule has 0 radical (unpaired) electrons. The average Bonchev–Trinajstić information content (AvgIpc) is 2.80. The molecule has 0 unspecified atom stereocenters. The van der Waals surface area contributed by atoms with Gasteiger partial charge < -0.3 is 9.26 Å². The number of hydrogen-bond acceptors (Lipinski definition) is 5. The summed E-state index contributed by atoms with van der Waals surface area (Å²) in [6, 6.07) is 8.84. The van der Waals surface area contributed by atoms with Crippen LogP contribution in [0.15, 0.2) is 35.2 Å².